The lowest BCUT2D eigenvalue weighted by atomic mass is 9.67. The molecule has 1 aliphatic carbocycles. The van der Waals surface area contributed by atoms with Crippen molar-refractivity contribution in [3.05, 3.63) is 222 Å². The van der Waals surface area contributed by atoms with E-state index < -0.39 is 5.41 Å². The van der Waals surface area contributed by atoms with Gasteiger partial charge in [0, 0.05) is 16.3 Å². The van der Waals surface area contributed by atoms with Crippen LogP contribution < -0.4 is 0 Å². The van der Waals surface area contributed by atoms with Crippen LogP contribution in [0.5, 0.6) is 0 Å². The quantitative estimate of drug-likeness (QED) is 0.180. The van der Waals surface area contributed by atoms with Crippen LogP contribution in [-0.4, -0.2) is 14.5 Å². The summed E-state index contributed by atoms with van der Waals surface area (Å²) < 4.78 is 2.35. The van der Waals surface area contributed by atoms with Crippen LogP contribution in [0.2, 0.25) is 0 Å². The van der Waals surface area contributed by atoms with Crippen LogP contribution >= 0.6 is 0 Å². The molecule has 2 aromatic heterocycles. The summed E-state index contributed by atoms with van der Waals surface area (Å²) in [7, 11) is 0. The Morgan fingerprint density at radius 3 is 1.67 bits per heavy atom. The normalized spacial score (nSPS) is 13.0. The minimum Gasteiger partial charge on any atom is -0.292 e. The molecule has 0 atom stereocenters. The van der Waals surface area contributed by atoms with Gasteiger partial charge in [0.25, 0.3) is 0 Å². The van der Waals surface area contributed by atoms with Crippen molar-refractivity contribution >= 4 is 32.8 Å². The summed E-state index contributed by atoms with van der Waals surface area (Å²) in [5.41, 5.74) is 15.3. The van der Waals surface area contributed by atoms with Crippen LogP contribution in [0, 0.1) is 0 Å². The van der Waals surface area contributed by atoms with E-state index in [2.05, 4.69) is 193 Å². The highest BCUT2D eigenvalue weighted by Crippen LogP contribution is 2.58. The molecule has 0 radical (unpaired) electrons. The van der Waals surface area contributed by atoms with Gasteiger partial charge in [-0.15, -0.1) is 0 Å². The second-order valence-electron chi connectivity index (χ2n) is 14.1. The summed E-state index contributed by atoms with van der Waals surface area (Å²) in [6, 6.07) is 71.9. The van der Waals surface area contributed by atoms with Crippen LogP contribution in [-0.2, 0) is 5.41 Å². The molecule has 0 spiro atoms. The lowest BCUT2D eigenvalue weighted by Crippen LogP contribution is -2.28. The van der Waals surface area contributed by atoms with Gasteiger partial charge < -0.3 is 0 Å². The molecule has 3 nitrogen and oxygen atoms in total. The molecule has 0 unspecified atom stereocenters. The molecule has 0 N–H and O–H groups in total. The Kier molecular flexibility index (Phi) is 6.77. The van der Waals surface area contributed by atoms with Crippen LogP contribution in [0.1, 0.15) is 22.3 Å². The van der Waals surface area contributed by atoms with E-state index in [0.29, 0.717) is 0 Å². The highest BCUT2D eigenvalue weighted by Gasteiger charge is 2.47. The highest BCUT2D eigenvalue weighted by molar-refractivity contribution is 6.18. The van der Waals surface area contributed by atoms with E-state index >= 15 is 0 Å². The molecular weight excluding hydrogens is 655 g/mol. The zero-order valence-electron chi connectivity index (χ0n) is 29.4. The standard InChI is InChI=1S/C51H33N3/c1-4-16-34(17-5-1)35-28-30-36(31-29-35)49-50(53-44-26-14-13-25-43(44)52-49)54-45-27-15-11-23-40(45)48-46(54)33-32-42-47(48)39-22-10-12-24-41(39)51(42,37-18-6-2-7-19-37)38-20-8-3-9-21-38/h1-33H. The SMILES string of the molecule is c1ccc(-c2ccc(-c3nc4ccccc4nc3-n3c4ccccc4c4c5c(ccc43)C(c3ccccc3)(c3ccccc3)c3ccccc3-5)cc2)cc1. The molecule has 0 bridgehead atoms. The maximum atomic E-state index is 5.44. The molecule has 8 aromatic carbocycles. The molecule has 54 heavy (non-hydrogen) atoms. The summed E-state index contributed by atoms with van der Waals surface area (Å²) in [5, 5.41) is 2.42. The lowest BCUT2D eigenvalue weighted by Gasteiger charge is -2.33. The van der Waals surface area contributed by atoms with Crippen LogP contribution in [0.4, 0.5) is 0 Å². The second kappa shape index (κ2) is 12.0. The molecule has 11 rings (SSSR count). The van der Waals surface area contributed by atoms with Crippen LogP contribution in [0.3, 0.4) is 0 Å². The molecule has 10 aromatic rings. The van der Waals surface area contributed by atoms with Gasteiger partial charge in [-0.25, -0.2) is 9.97 Å². The van der Waals surface area contributed by atoms with E-state index in [9.17, 15) is 0 Å². The predicted octanol–water partition coefficient (Wildman–Crippen LogP) is 12.4. The van der Waals surface area contributed by atoms with Gasteiger partial charge >= 0.3 is 0 Å². The Balaban J connectivity index is 1.23. The van der Waals surface area contributed by atoms with E-state index in [1.165, 1.54) is 55.3 Å². The van der Waals surface area contributed by atoms with Crippen molar-refractivity contribution in [1.29, 1.82) is 0 Å². The summed E-state index contributed by atoms with van der Waals surface area (Å²) in [6.07, 6.45) is 0. The van der Waals surface area contributed by atoms with Crippen LogP contribution in [0.15, 0.2) is 200 Å². The molecule has 0 aliphatic heterocycles. The Hall–Kier alpha value is -7.10. The molecule has 1 aliphatic rings. The predicted molar refractivity (Wildman–Crippen MR) is 222 cm³/mol. The van der Waals surface area contributed by atoms with E-state index in [4.69, 9.17) is 9.97 Å². The van der Waals surface area contributed by atoms with Gasteiger partial charge in [0.2, 0.25) is 0 Å². The lowest BCUT2D eigenvalue weighted by molar-refractivity contribution is 0.769. The number of aromatic nitrogens is 3. The molecule has 0 saturated carbocycles. The van der Waals surface area contributed by atoms with E-state index in [1.807, 2.05) is 12.1 Å². The third kappa shape index (κ3) is 4.36. The van der Waals surface area contributed by atoms with Crippen molar-refractivity contribution in [2.45, 2.75) is 5.41 Å². The Labute approximate surface area is 313 Å². The maximum Gasteiger partial charge on any atom is 0.165 e. The molecule has 0 saturated heterocycles. The molecular formula is C51H33N3. The van der Waals surface area contributed by atoms with Crippen molar-refractivity contribution in [3.8, 4) is 39.3 Å². The number of hydrogen-bond donors (Lipinski definition) is 0. The highest BCUT2D eigenvalue weighted by atomic mass is 15.1. The fourth-order valence-corrected chi connectivity index (χ4v) is 9.01. The third-order valence-electron chi connectivity index (χ3n) is 11.3. The van der Waals surface area contributed by atoms with Crippen molar-refractivity contribution in [3.63, 3.8) is 0 Å². The third-order valence-corrected chi connectivity index (χ3v) is 11.3. The van der Waals surface area contributed by atoms with Crippen molar-refractivity contribution in [2.24, 2.45) is 0 Å². The topological polar surface area (TPSA) is 30.7 Å². The van der Waals surface area contributed by atoms with Crippen molar-refractivity contribution in [2.75, 3.05) is 0 Å². The zero-order valence-corrected chi connectivity index (χ0v) is 29.4. The smallest absolute Gasteiger partial charge is 0.165 e. The number of nitrogens with zero attached hydrogens (tertiary/aromatic N) is 3. The molecule has 3 heteroatoms. The minimum absolute atomic E-state index is 0.486. The average Bonchev–Trinajstić information content (AvgIpc) is 3.75. The largest absolute Gasteiger partial charge is 0.292 e. The molecule has 0 fully saturated rings. The fourth-order valence-electron chi connectivity index (χ4n) is 9.01. The first-order chi connectivity index (χ1) is 26.8. The summed E-state index contributed by atoms with van der Waals surface area (Å²) >= 11 is 0. The zero-order chi connectivity index (χ0) is 35.6. The molecule has 252 valence electrons. The monoisotopic (exact) mass is 687 g/mol. The van der Waals surface area contributed by atoms with E-state index in [-0.39, 0.29) is 0 Å². The number of hydrogen-bond acceptors (Lipinski definition) is 2. The van der Waals surface area contributed by atoms with Gasteiger partial charge in [0.15, 0.2) is 5.82 Å². The number of para-hydroxylation sites is 3. The van der Waals surface area contributed by atoms with Crippen molar-refractivity contribution < 1.29 is 0 Å². The number of rotatable bonds is 5. The fraction of sp³-hybridized carbons (Fsp3) is 0.0196. The Morgan fingerprint density at radius 1 is 0.389 bits per heavy atom. The molecule has 0 amide bonds. The van der Waals surface area contributed by atoms with E-state index in [0.717, 1.165) is 39.1 Å². The summed E-state index contributed by atoms with van der Waals surface area (Å²) in [4.78, 5) is 10.8. The van der Waals surface area contributed by atoms with Gasteiger partial charge in [0.05, 0.1) is 27.5 Å². The maximum absolute atomic E-state index is 5.44. The minimum atomic E-state index is -0.486. The van der Waals surface area contributed by atoms with Gasteiger partial charge in [-0.1, -0.05) is 176 Å². The summed E-state index contributed by atoms with van der Waals surface area (Å²) in [5.74, 6) is 0.816. The van der Waals surface area contributed by atoms with Gasteiger partial charge in [-0.3, -0.25) is 4.57 Å². The average molecular weight is 688 g/mol. The van der Waals surface area contributed by atoms with Gasteiger partial charge in [-0.2, -0.15) is 0 Å². The van der Waals surface area contributed by atoms with Crippen molar-refractivity contribution in [1.82, 2.24) is 14.5 Å². The van der Waals surface area contributed by atoms with Gasteiger partial charge in [0.1, 0.15) is 5.69 Å². The first-order valence-electron chi connectivity index (χ1n) is 18.5. The van der Waals surface area contributed by atoms with E-state index in [1.54, 1.807) is 0 Å². The second-order valence-corrected chi connectivity index (χ2v) is 14.1. The Bertz CT molecular complexity index is 2980. The number of fused-ring (bicyclic) bond motifs is 8. The first-order valence-corrected chi connectivity index (χ1v) is 18.5. The van der Waals surface area contributed by atoms with Gasteiger partial charge in [-0.05, 0) is 68.8 Å². The Morgan fingerprint density at radius 2 is 0.944 bits per heavy atom. The number of benzene rings is 8. The first kappa shape index (κ1) is 30.5. The van der Waals surface area contributed by atoms with Crippen LogP contribution in [0.25, 0.3) is 72.2 Å². The molecule has 2 heterocycles. The summed E-state index contributed by atoms with van der Waals surface area (Å²) in [6.45, 7) is 0.